The van der Waals surface area contributed by atoms with Crippen molar-refractivity contribution in [3.05, 3.63) is 23.8 Å². The van der Waals surface area contributed by atoms with Crippen LogP contribution in [0.5, 0.6) is 11.5 Å². The second kappa shape index (κ2) is 6.64. The molecule has 0 saturated carbocycles. The van der Waals surface area contributed by atoms with E-state index in [1.165, 1.54) is 0 Å². The number of benzene rings is 1. The summed E-state index contributed by atoms with van der Waals surface area (Å²) in [5.41, 5.74) is 0.671. The number of morpholine rings is 1. The molecule has 0 aromatic heterocycles. The largest absolute Gasteiger partial charge is 0.497 e. The summed E-state index contributed by atoms with van der Waals surface area (Å²) in [7, 11) is 3.22. The van der Waals surface area contributed by atoms with Crippen LogP contribution in [-0.4, -0.2) is 56.1 Å². The van der Waals surface area contributed by atoms with Crippen LogP contribution in [0, 0.1) is 0 Å². The van der Waals surface area contributed by atoms with Gasteiger partial charge in [0.1, 0.15) is 11.5 Å². The second-order valence-electron chi connectivity index (χ2n) is 5.93. The van der Waals surface area contributed by atoms with Gasteiger partial charge in [-0.25, -0.2) is 0 Å². The lowest BCUT2D eigenvalue weighted by Gasteiger charge is -2.43. The number of methoxy groups -OCH3 is 2. The van der Waals surface area contributed by atoms with E-state index in [9.17, 15) is 5.11 Å². The number of aliphatic hydroxyl groups excluding tert-OH is 1. The Labute approximate surface area is 126 Å². The molecule has 0 bridgehead atoms. The molecule has 1 fully saturated rings. The summed E-state index contributed by atoms with van der Waals surface area (Å²) in [6.07, 6.45) is -0.632. The molecule has 21 heavy (non-hydrogen) atoms. The molecule has 1 aromatic carbocycles. The number of aliphatic hydroxyl groups is 1. The molecule has 5 nitrogen and oxygen atoms in total. The van der Waals surface area contributed by atoms with Crippen LogP contribution in [0.3, 0.4) is 0 Å². The molecule has 0 radical (unpaired) electrons. The maximum Gasteiger partial charge on any atom is 0.124 e. The quantitative estimate of drug-likeness (QED) is 0.898. The van der Waals surface area contributed by atoms with E-state index < -0.39 is 6.10 Å². The minimum absolute atomic E-state index is 0.0780. The molecule has 0 amide bonds. The molecule has 2 rings (SSSR count). The SMILES string of the molecule is COc1ccc(OC)c(C(O)CN2CCOCC2(C)C)c1. The normalized spacial score (nSPS) is 20.0. The van der Waals surface area contributed by atoms with E-state index in [0.29, 0.717) is 31.3 Å². The fraction of sp³-hybridized carbons (Fsp3) is 0.625. The average molecular weight is 295 g/mol. The van der Waals surface area contributed by atoms with Gasteiger partial charge in [-0.05, 0) is 32.0 Å². The summed E-state index contributed by atoms with van der Waals surface area (Å²) >= 11 is 0. The zero-order valence-electron chi connectivity index (χ0n) is 13.3. The lowest BCUT2D eigenvalue weighted by atomic mass is 10.00. The predicted octanol–water partition coefficient (Wildman–Crippen LogP) is 1.85. The summed E-state index contributed by atoms with van der Waals surface area (Å²) < 4.78 is 16.1. The van der Waals surface area contributed by atoms with Crippen molar-refractivity contribution < 1.29 is 19.3 Å². The monoisotopic (exact) mass is 295 g/mol. The fourth-order valence-corrected chi connectivity index (χ4v) is 2.64. The van der Waals surface area contributed by atoms with Gasteiger partial charge in [0.2, 0.25) is 0 Å². The Kier molecular flexibility index (Phi) is 5.08. The van der Waals surface area contributed by atoms with Crippen LogP contribution in [0.2, 0.25) is 0 Å². The Bertz CT molecular complexity index is 475. The van der Waals surface area contributed by atoms with Crippen LogP contribution in [0.15, 0.2) is 18.2 Å². The molecule has 1 aliphatic heterocycles. The van der Waals surface area contributed by atoms with Gasteiger partial charge < -0.3 is 19.3 Å². The van der Waals surface area contributed by atoms with Crippen molar-refractivity contribution in [3.8, 4) is 11.5 Å². The predicted molar refractivity (Wildman–Crippen MR) is 81.0 cm³/mol. The van der Waals surface area contributed by atoms with Crippen LogP contribution >= 0.6 is 0 Å². The number of nitrogens with zero attached hydrogens (tertiary/aromatic N) is 1. The molecule has 1 aliphatic rings. The minimum Gasteiger partial charge on any atom is -0.497 e. The number of β-amino-alcohol motifs (C(OH)–C–C–N with tert-alkyl or cyclic N) is 1. The lowest BCUT2D eigenvalue weighted by molar-refractivity contribution is -0.0669. The summed E-state index contributed by atoms with van der Waals surface area (Å²) in [5.74, 6) is 1.39. The van der Waals surface area contributed by atoms with E-state index in [-0.39, 0.29) is 5.54 Å². The molecule has 5 heteroatoms. The molecule has 1 heterocycles. The van der Waals surface area contributed by atoms with Crippen LogP contribution in [0.4, 0.5) is 0 Å². The van der Waals surface area contributed by atoms with Crippen molar-refractivity contribution >= 4 is 0 Å². The van der Waals surface area contributed by atoms with Crippen molar-refractivity contribution in [2.75, 3.05) is 40.5 Å². The van der Waals surface area contributed by atoms with Gasteiger partial charge in [-0.3, -0.25) is 4.90 Å². The Balaban J connectivity index is 2.17. The first-order chi connectivity index (χ1) is 9.97. The minimum atomic E-state index is -0.632. The number of hydrogen-bond acceptors (Lipinski definition) is 5. The Morgan fingerprint density at radius 2 is 2.10 bits per heavy atom. The summed E-state index contributed by atoms with van der Waals surface area (Å²) in [6, 6.07) is 5.48. The highest BCUT2D eigenvalue weighted by Gasteiger charge is 2.32. The molecule has 1 unspecified atom stereocenters. The van der Waals surface area contributed by atoms with E-state index in [4.69, 9.17) is 14.2 Å². The van der Waals surface area contributed by atoms with Gasteiger partial charge >= 0.3 is 0 Å². The molecule has 118 valence electrons. The number of hydrogen-bond donors (Lipinski definition) is 1. The topological polar surface area (TPSA) is 51.2 Å². The van der Waals surface area contributed by atoms with E-state index in [1.807, 2.05) is 18.2 Å². The fourth-order valence-electron chi connectivity index (χ4n) is 2.64. The highest BCUT2D eigenvalue weighted by Crippen LogP contribution is 2.31. The zero-order valence-corrected chi connectivity index (χ0v) is 13.3. The van der Waals surface area contributed by atoms with Gasteiger partial charge in [-0.15, -0.1) is 0 Å². The highest BCUT2D eigenvalue weighted by atomic mass is 16.5. The number of rotatable bonds is 5. The third-order valence-electron chi connectivity index (χ3n) is 4.01. The molecule has 1 saturated heterocycles. The standard InChI is InChI=1S/C16H25NO4/c1-16(2)11-21-8-7-17(16)10-14(18)13-9-12(19-3)5-6-15(13)20-4/h5-6,9,14,18H,7-8,10-11H2,1-4H3. The lowest BCUT2D eigenvalue weighted by Crippen LogP contribution is -2.54. The molecular formula is C16H25NO4. The zero-order chi connectivity index (χ0) is 15.5. The molecular weight excluding hydrogens is 270 g/mol. The third kappa shape index (κ3) is 3.67. The Morgan fingerprint density at radius 3 is 2.71 bits per heavy atom. The van der Waals surface area contributed by atoms with Gasteiger partial charge in [-0.1, -0.05) is 0 Å². The van der Waals surface area contributed by atoms with Crippen molar-refractivity contribution in [3.63, 3.8) is 0 Å². The summed E-state index contributed by atoms with van der Waals surface area (Å²) in [4.78, 5) is 2.25. The number of ether oxygens (including phenoxy) is 3. The maximum atomic E-state index is 10.6. The van der Waals surface area contributed by atoms with E-state index in [0.717, 1.165) is 12.1 Å². The van der Waals surface area contributed by atoms with E-state index >= 15 is 0 Å². The Hall–Kier alpha value is -1.30. The molecule has 0 spiro atoms. The van der Waals surface area contributed by atoms with Crippen LogP contribution < -0.4 is 9.47 Å². The van der Waals surface area contributed by atoms with Gasteiger partial charge in [-0.2, -0.15) is 0 Å². The first-order valence-electron chi connectivity index (χ1n) is 7.20. The maximum absolute atomic E-state index is 10.6. The molecule has 1 N–H and O–H groups in total. The summed E-state index contributed by atoms with van der Waals surface area (Å²) in [6.45, 7) is 6.99. The molecule has 1 atom stereocenters. The van der Waals surface area contributed by atoms with Gasteiger partial charge in [0.25, 0.3) is 0 Å². The molecule has 1 aromatic rings. The van der Waals surface area contributed by atoms with Crippen molar-refractivity contribution in [1.82, 2.24) is 4.90 Å². The van der Waals surface area contributed by atoms with E-state index in [1.54, 1.807) is 14.2 Å². The second-order valence-corrected chi connectivity index (χ2v) is 5.93. The van der Waals surface area contributed by atoms with Gasteiger partial charge in [0.05, 0.1) is 33.5 Å². The van der Waals surface area contributed by atoms with Crippen LogP contribution in [-0.2, 0) is 4.74 Å². The third-order valence-corrected chi connectivity index (χ3v) is 4.01. The van der Waals surface area contributed by atoms with Crippen molar-refractivity contribution in [2.45, 2.75) is 25.5 Å². The summed E-state index contributed by atoms with van der Waals surface area (Å²) in [5, 5.41) is 10.6. The highest BCUT2D eigenvalue weighted by molar-refractivity contribution is 5.41. The average Bonchev–Trinajstić information content (AvgIpc) is 2.48. The molecule has 0 aliphatic carbocycles. The smallest absolute Gasteiger partial charge is 0.124 e. The Morgan fingerprint density at radius 1 is 1.33 bits per heavy atom. The first kappa shape index (κ1) is 16.1. The van der Waals surface area contributed by atoms with Crippen molar-refractivity contribution in [1.29, 1.82) is 0 Å². The van der Waals surface area contributed by atoms with Gasteiger partial charge in [0.15, 0.2) is 0 Å². The van der Waals surface area contributed by atoms with Crippen molar-refractivity contribution in [2.24, 2.45) is 0 Å². The van der Waals surface area contributed by atoms with Crippen LogP contribution in [0.25, 0.3) is 0 Å². The first-order valence-corrected chi connectivity index (χ1v) is 7.20. The van der Waals surface area contributed by atoms with Crippen LogP contribution in [0.1, 0.15) is 25.5 Å². The van der Waals surface area contributed by atoms with Gasteiger partial charge in [0, 0.05) is 24.2 Å². The van der Waals surface area contributed by atoms with E-state index in [2.05, 4.69) is 18.7 Å².